The zero-order valence-electron chi connectivity index (χ0n) is 9.52. The van der Waals surface area contributed by atoms with Crippen LogP contribution in [0.5, 0.6) is 0 Å². The second-order valence-corrected chi connectivity index (χ2v) is 4.87. The Morgan fingerprint density at radius 3 is 2.25 bits per heavy atom. The molecule has 1 heterocycles. The molecule has 2 fully saturated rings. The maximum atomic E-state index is 12.1. The van der Waals surface area contributed by atoms with E-state index in [0.29, 0.717) is 38.8 Å². The van der Waals surface area contributed by atoms with Crippen molar-refractivity contribution in [3.05, 3.63) is 0 Å². The Hall–Kier alpha value is -0.900. The molecule has 0 aromatic rings. The van der Waals surface area contributed by atoms with Crippen LogP contribution in [-0.2, 0) is 9.59 Å². The topological polar surface area (TPSA) is 57.6 Å². The van der Waals surface area contributed by atoms with Crippen LogP contribution in [0.1, 0.15) is 38.5 Å². The molecule has 16 heavy (non-hydrogen) atoms. The summed E-state index contributed by atoms with van der Waals surface area (Å²) in [5.41, 5.74) is 0. The number of likely N-dealkylation sites (tertiary alicyclic amines) is 1. The monoisotopic (exact) mass is 225 g/mol. The van der Waals surface area contributed by atoms with Gasteiger partial charge in [-0.25, -0.2) is 0 Å². The van der Waals surface area contributed by atoms with Crippen molar-refractivity contribution in [2.45, 2.75) is 44.6 Å². The lowest BCUT2D eigenvalue weighted by Gasteiger charge is -2.33. The summed E-state index contributed by atoms with van der Waals surface area (Å²) < 4.78 is 0. The number of nitrogens with zero attached hydrogens (tertiary/aromatic N) is 1. The van der Waals surface area contributed by atoms with E-state index in [1.807, 2.05) is 4.90 Å². The van der Waals surface area contributed by atoms with Crippen molar-refractivity contribution in [3.63, 3.8) is 0 Å². The Kier molecular flexibility index (Phi) is 3.59. The molecule has 1 amide bonds. The van der Waals surface area contributed by atoms with E-state index in [2.05, 4.69) is 0 Å². The first-order valence-electron chi connectivity index (χ1n) is 6.15. The van der Waals surface area contributed by atoms with Crippen molar-refractivity contribution >= 4 is 11.7 Å². The molecule has 1 N–H and O–H groups in total. The van der Waals surface area contributed by atoms with Crippen molar-refractivity contribution in [3.8, 4) is 0 Å². The molecule has 0 spiro atoms. The Morgan fingerprint density at radius 2 is 1.69 bits per heavy atom. The molecule has 1 saturated heterocycles. The van der Waals surface area contributed by atoms with Crippen molar-refractivity contribution in [1.29, 1.82) is 0 Å². The predicted octanol–water partition coefficient (Wildman–Crippen LogP) is 0.729. The lowest BCUT2D eigenvalue weighted by atomic mass is 9.87. The molecule has 2 rings (SSSR count). The molecule has 0 radical (unpaired) electrons. The minimum Gasteiger partial charge on any atom is -0.393 e. The van der Waals surface area contributed by atoms with Crippen LogP contribution in [0.25, 0.3) is 0 Å². The molecule has 0 atom stereocenters. The van der Waals surface area contributed by atoms with E-state index in [4.69, 9.17) is 0 Å². The van der Waals surface area contributed by atoms with Crippen LogP contribution in [0, 0.1) is 5.92 Å². The number of carbonyl (C=O) groups excluding carboxylic acids is 2. The zero-order valence-corrected chi connectivity index (χ0v) is 9.52. The van der Waals surface area contributed by atoms with Crippen LogP contribution >= 0.6 is 0 Å². The van der Waals surface area contributed by atoms with Crippen LogP contribution in [0.4, 0.5) is 0 Å². The minimum absolute atomic E-state index is 0.0490. The molecule has 4 nitrogen and oxygen atoms in total. The van der Waals surface area contributed by atoms with E-state index in [1.165, 1.54) is 0 Å². The molecular formula is C12H19NO3. The molecule has 0 unspecified atom stereocenters. The van der Waals surface area contributed by atoms with Gasteiger partial charge in [-0.05, 0) is 25.7 Å². The molecule has 0 bridgehead atoms. The number of amides is 1. The Balaban J connectivity index is 1.85. The molecule has 1 aliphatic heterocycles. The normalized spacial score (nSPS) is 24.8. The number of aliphatic hydroxyl groups excluding tert-OH is 1. The smallest absolute Gasteiger partial charge is 0.225 e. The predicted molar refractivity (Wildman–Crippen MR) is 58.8 cm³/mol. The summed E-state index contributed by atoms with van der Waals surface area (Å²) in [7, 11) is 0. The van der Waals surface area contributed by atoms with E-state index in [0.717, 1.165) is 12.8 Å². The maximum absolute atomic E-state index is 12.1. The average molecular weight is 225 g/mol. The van der Waals surface area contributed by atoms with E-state index in [-0.39, 0.29) is 23.7 Å². The average Bonchev–Trinajstić information content (AvgIpc) is 2.30. The highest BCUT2D eigenvalue weighted by atomic mass is 16.3. The standard InChI is InChI=1S/C12H19NO3/c14-10-3-1-9(2-4-10)12(16)13-7-5-11(15)6-8-13/h9,11,15H,1-8H2. The summed E-state index contributed by atoms with van der Waals surface area (Å²) in [5, 5.41) is 9.37. The quantitative estimate of drug-likeness (QED) is 0.715. The fourth-order valence-electron chi connectivity index (χ4n) is 2.53. The molecule has 1 aliphatic carbocycles. The summed E-state index contributed by atoms with van der Waals surface area (Å²) >= 11 is 0. The van der Waals surface area contributed by atoms with Crippen molar-refractivity contribution in [2.75, 3.05) is 13.1 Å². The number of carbonyl (C=O) groups is 2. The van der Waals surface area contributed by atoms with Gasteiger partial charge in [-0.3, -0.25) is 9.59 Å². The van der Waals surface area contributed by atoms with Gasteiger partial charge in [0.2, 0.25) is 5.91 Å². The van der Waals surface area contributed by atoms with Crippen LogP contribution in [0.15, 0.2) is 0 Å². The summed E-state index contributed by atoms with van der Waals surface area (Å²) in [6, 6.07) is 0. The molecular weight excluding hydrogens is 206 g/mol. The van der Waals surface area contributed by atoms with Gasteiger partial charge in [-0.1, -0.05) is 0 Å². The second-order valence-electron chi connectivity index (χ2n) is 4.87. The number of piperidine rings is 1. The molecule has 2 aliphatic rings. The zero-order chi connectivity index (χ0) is 11.5. The van der Waals surface area contributed by atoms with Gasteiger partial charge in [0.05, 0.1) is 6.10 Å². The van der Waals surface area contributed by atoms with Crippen LogP contribution in [0.3, 0.4) is 0 Å². The fraction of sp³-hybridized carbons (Fsp3) is 0.833. The van der Waals surface area contributed by atoms with E-state index in [9.17, 15) is 14.7 Å². The van der Waals surface area contributed by atoms with E-state index < -0.39 is 0 Å². The van der Waals surface area contributed by atoms with Gasteiger partial charge >= 0.3 is 0 Å². The number of rotatable bonds is 1. The van der Waals surface area contributed by atoms with Gasteiger partial charge in [0, 0.05) is 31.8 Å². The van der Waals surface area contributed by atoms with Gasteiger partial charge in [0.1, 0.15) is 5.78 Å². The van der Waals surface area contributed by atoms with Crippen molar-refractivity contribution < 1.29 is 14.7 Å². The van der Waals surface area contributed by atoms with Crippen LogP contribution in [-0.4, -0.2) is 40.9 Å². The highest BCUT2D eigenvalue weighted by Gasteiger charge is 2.30. The summed E-state index contributed by atoms with van der Waals surface area (Å²) in [6.07, 6.45) is 3.71. The maximum Gasteiger partial charge on any atom is 0.225 e. The largest absolute Gasteiger partial charge is 0.393 e. The van der Waals surface area contributed by atoms with Gasteiger partial charge in [-0.2, -0.15) is 0 Å². The first-order valence-corrected chi connectivity index (χ1v) is 6.15. The Morgan fingerprint density at radius 1 is 1.12 bits per heavy atom. The SMILES string of the molecule is O=C1CCC(C(=O)N2CCC(O)CC2)CC1. The van der Waals surface area contributed by atoms with Crippen molar-refractivity contribution in [2.24, 2.45) is 5.92 Å². The highest BCUT2D eigenvalue weighted by Crippen LogP contribution is 2.24. The summed E-state index contributed by atoms with van der Waals surface area (Å²) in [6.45, 7) is 1.34. The van der Waals surface area contributed by atoms with E-state index >= 15 is 0 Å². The minimum atomic E-state index is -0.239. The first kappa shape index (κ1) is 11.6. The summed E-state index contributed by atoms with van der Waals surface area (Å²) in [5.74, 6) is 0.533. The van der Waals surface area contributed by atoms with Crippen LogP contribution < -0.4 is 0 Å². The molecule has 1 saturated carbocycles. The second kappa shape index (κ2) is 4.95. The Labute approximate surface area is 95.6 Å². The van der Waals surface area contributed by atoms with Crippen molar-refractivity contribution in [1.82, 2.24) is 4.90 Å². The molecule has 90 valence electrons. The molecule has 0 aromatic carbocycles. The summed E-state index contributed by atoms with van der Waals surface area (Å²) in [4.78, 5) is 25.0. The van der Waals surface area contributed by atoms with Gasteiger partial charge < -0.3 is 10.0 Å². The fourth-order valence-corrected chi connectivity index (χ4v) is 2.53. The van der Waals surface area contributed by atoms with Gasteiger partial charge in [-0.15, -0.1) is 0 Å². The lowest BCUT2D eigenvalue weighted by molar-refractivity contribution is -0.139. The third-order valence-corrected chi connectivity index (χ3v) is 3.67. The third-order valence-electron chi connectivity index (χ3n) is 3.67. The Bertz CT molecular complexity index is 272. The van der Waals surface area contributed by atoms with E-state index in [1.54, 1.807) is 0 Å². The number of ketones is 1. The third kappa shape index (κ3) is 2.61. The highest BCUT2D eigenvalue weighted by molar-refractivity contribution is 5.84. The number of Topliss-reactive ketones (excluding diaryl/α,β-unsaturated/α-hetero) is 1. The lowest BCUT2D eigenvalue weighted by Crippen LogP contribution is -2.43. The first-order chi connectivity index (χ1) is 7.66. The number of hydrogen-bond donors (Lipinski definition) is 1. The number of hydrogen-bond acceptors (Lipinski definition) is 3. The van der Waals surface area contributed by atoms with Gasteiger partial charge in [0.25, 0.3) is 0 Å². The number of aliphatic hydroxyl groups is 1. The molecule has 0 aromatic heterocycles. The van der Waals surface area contributed by atoms with Gasteiger partial charge in [0.15, 0.2) is 0 Å². The molecule has 4 heteroatoms. The van der Waals surface area contributed by atoms with Crippen LogP contribution in [0.2, 0.25) is 0 Å².